The number of methoxy groups -OCH3 is 1. The van der Waals surface area contributed by atoms with Crippen molar-refractivity contribution in [2.45, 2.75) is 65.0 Å². The van der Waals surface area contributed by atoms with Gasteiger partial charge in [0, 0.05) is 43.8 Å². The van der Waals surface area contributed by atoms with Crippen LogP contribution in [0.2, 0.25) is 0 Å². The third-order valence-corrected chi connectivity index (χ3v) is 7.71. The lowest BCUT2D eigenvalue weighted by Crippen LogP contribution is -2.50. The largest absolute Gasteiger partial charge is 0.497 e. The highest BCUT2D eigenvalue weighted by atomic mass is 16.6. The number of piperazine rings is 1. The van der Waals surface area contributed by atoms with Gasteiger partial charge in [0.05, 0.1) is 24.6 Å². The van der Waals surface area contributed by atoms with Gasteiger partial charge in [0.1, 0.15) is 22.8 Å². The second-order valence-corrected chi connectivity index (χ2v) is 11.7. The maximum atomic E-state index is 13.7. The Kier molecular flexibility index (Phi) is 7.88. The lowest BCUT2D eigenvalue weighted by atomic mass is 10.0. The molecule has 0 atom stereocenters. The molecule has 0 spiro atoms. The zero-order valence-corrected chi connectivity index (χ0v) is 24.6. The maximum Gasteiger partial charge on any atom is 0.410 e. The number of pyridine rings is 2. The molecule has 1 aliphatic carbocycles. The summed E-state index contributed by atoms with van der Waals surface area (Å²) in [5.41, 5.74) is 2.16. The fraction of sp³-hybridized carbons (Fsp3) is 0.500. The van der Waals surface area contributed by atoms with E-state index in [4.69, 9.17) is 14.5 Å². The molecule has 1 aliphatic heterocycles. The van der Waals surface area contributed by atoms with Crippen molar-refractivity contribution in [3.05, 3.63) is 52.6 Å². The molecule has 41 heavy (non-hydrogen) atoms. The van der Waals surface area contributed by atoms with E-state index >= 15 is 0 Å². The van der Waals surface area contributed by atoms with Crippen molar-refractivity contribution in [1.82, 2.24) is 24.4 Å². The summed E-state index contributed by atoms with van der Waals surface area (Å²) in [6, 6.07) is 3.94. The number of aromatic nitrogens is 4. The lowest BCUT2D eigenvalue weighted by molar-refractivity contribution is 0.0240. The summed E-state index contributed by atoms with van der Waals surface area (Å²) in [7, 11) is 1.52. The monoisotopic (exact) mass is 561 g/mol. The van der Waals surface area contributed by atoms with E-state index in [2.05, 4.69) is 26.8 Å². The number of nitrogens with zero attached hydrogens (tertiary/aromatic N) is 6. The molecule has 0 aromatic carbocycles. The van der Waals surface area contributed by atoms with Gasteiger partial charge in [-0.3, -0.25) is 9.36 Å². The molecule has 1 saturated heterocycles. The van der Waals surface area contributed by atoms with Gasteiger partial charge in [-0.2, -0.15) is 4.98 Å². The van der Waals surface area contributed by atoms with E-state index in [1.165, 1.54) is 7.11 Å². The van der Waals surface area contributed by atoms with Crippen molar-refractivity contribution in [3.63, 3.8) is 0 Å². The van der Waals surface area contributed by atoms with Crippen molar-refractivity contribution < 1.29 is 14.3 Å². The minimum Gasteiger partial charge on any atom is -0.497 e. The van der Waals surface area contributed by atoms with Crippen LogP contribution in [0.15, 0.2) is 35.9 Å². The Morgan fingerprint density at radius 1 is 1.07 bits per heavy atom. The number of hydrogen-bond acceptors (Lipinski definition) is 9. The van der Waals surface area contributed by atoms with Crippen molar-refractivity contribution in [3.8, 4) is 0 Å². The molecule has 2 fully saturated rings. The first-order chi connectivity index (χ1) is 19.6. The molecule has 3 aromatic rings. The van der Waals surface area contributed by atoms with Gasteiger partial charge in [-0.05, 0) is 58.2 Å². The Labute approximate surface area is 240 Å². The number of hydrogen-bond donors (Lipinski definition) is 1. The van der Waals surface area contributed by atoms with Gasteiger partial charge in [0.2, 0.25) is 5.95 Å². The molecule has 1 N–H and O–H groups in total. The van der Waals surface area contributed by atoms with Crippen molar-refractivity contribution in [1.29, 1.82) is 0 Å². The van der Waals surface area contributed by atoms with E-state index in [-0.39, 0.29) is 17.7 Å². The van der Waals surface area contributed by atoms with Crippen LogP contribution in [0.5, 0.6) is 0 Å². The number of anilines is 3. The van der Waals surface area contributed by atoms with E-state index in [9.17, 15) is 9.59 Å². The molecule has 0 bridgehead atoms. The molecule has 11 nitrogen and oxygen atoms in total. The van der Waals surface area contributed by atoms with E-state index in [0.717, 1.165) is 42.3 Å². The number of fused-ring (bicyclic) bond motifs is 1. The zero-order chi connectivity index (χ0) is 29.3. The second-order valence-electron chi connectivity index (χ2n) is 11.7. The number of rotatable bonds is 6. The quantitative estimate of drug-likeness (QED) is 0.414. The Bertz CT molecular complexity index is 1500. The summed E-state index contributed by atoms with van der Waals surface area (Å²) in [6.45, 7) is 14.0. The minimum atomic E-state index is -0.509. The van der Waals surface area contributed by atoms with Gasteiger partial charge in [-0.1, -0.05) is 19.4 Å². The van der Waals surface area contributed by atoms with Gasteiger partial charge in [0.25, 0.3) is 5.56 Å². The Hall–Kier alpha value is -4.15. The molecule has 0 radical (unpaired) electrons. The molecule has 11 heteroatoms. The molecule has 5 rings (SSSR count). The Morgan fingerprint density at radius 3 is 2.39 bits per heavy atom. The van der Waals surface area contributed by atoms with Gasteiger partial charge >= 0.3 is 6.09 Å². The summed E-state index contributed by atoms with van der Waals surface area (Å²) >= 11 is 0. The van der Waals surface area contributed by atoms with Crippen molar-refractivity contribution in [2.75, 3.05) is 43.5 Å². The summed E-state index contributed by atoms with van der Waals surface area (Å²) in [4.78, 5) is 43.9. The van der Waals surface area contributed by atoms with Gasteiger partial charge in [-0.25, -0.2) is 14.8 Å². The molecule has 1 saturated carbocycles. The number of carbonyl (C=O) groups is 1. The average molecular weight is 562 g/mol. The number of nitrogens with one attached hydrogen (secondary N) is 1. The molecule has 218 valence electrons. The third-order valence-electron chi connectivity index (χ3n) is 7.71. The first-order valence-corrected chi connectivity index (χ1v) is 14.2. The smallest absolute Gasteiger partial charge is 0.410 e. The number of ether oxygens (including phenoxy) is 2. The fourth-order valence-corrected chi connectivity index (χ4v) is 5.56. The Balaban J connectivity index is 1.34. The first kappa shape index (κ1) is 28.4. The summed E-state index contributed by atoms with van der Waals surface area (Å²) < 4.78 is 12.7. The zero-order valence-electron chi connectivity index (χ0n) is 24.6. The number of aryl methyl sites for hydroxylation is 1. The molecular weight excluding hydrogens is 522 g/mol. The predicted molar refractivity (Wildman–Crippen MR) is 160 cm³/mol. The van der Waals surface area contributed by atoms with Gasteiger partial charge in [-0.15, -0.1) is 0 Å². The van der Waals surface area contributed by atoms with Crippen molar-refractivity contribution >= 4 is 40.3 Å². The highest BCUT2D eigenvalue weighted by Crippen LogP contribution is 2.33. The van der Waals surface area contributed by atoms with Crippen LogP contribution in [0.3, 0.4) is 0 Å². The van der Waals surface area contributed by atoms with Crippen LogP contribution in [0.1, 0.15) is 63.6 Å². The normalized spacial score (nSPS) is 16.2. The van der Waals surface area contributed by atoms with E-state index in [1.54, 1.807) is 21.9 Å². The average Bonchev–Trinajstić information content (AvgIpc) is 3.47. The Morgan fingerprint density at radius 2 is 1.78 bits per heavy atom. The van der Waals surface area contributed by atoms with Crippen LogP contribution in [-0.2, 0) is 9.47 Å². The highest BCUT2D eigenvalue weighted by molar-refractivity contribution is 5.84. The topological polar surface area (TPSA) is 115 Å². The van der Waals surface area contributed by atoms with E-state index in [1.807, 2.05) is 39.8 Å². The van der Waals surface area contributed by atoms with Gasteiger partial charge in [0.15, 0.2) is 0 Å². The second kappa shape index (κ2) is 11.4. The molecule has 4 heterocycles. The standard InChI is InChI=1S/C30H39N7O4/c1-19-23-18-32-28(34-26(23)37(21-9-7-8-10-21)27(38)25(19)20(2)40-6)33-24-12-11-22(17-31-24)35-13-15-36(16-14-35)29(39)41-30(3,4)5/h11-12,17-18,21H,2,7-10,13-16H2,1,3-6H3,(H,31,32,33,34). The SMILES string of the molecule is C=C(OC)c1c(C)c2cnc(Nc3ccc(N4CCN(C(=O)OC(C)(C)C)CC4)cn3)nc2n(C2CCCC2)c1=O. The van der Waals surface area contributed by atoms with Crippen LogP contribution >= 0.6 is 0 Å². The van der Waals surface area contributed by atoms with Gasteiger partial charge < -0.3 is 24.6 Å². The van der Waals surface area contributed by atoms with Crippen LogP contribution in [0.25, 0.3) is 16.8 Å². The van der Waals surface area contributed by atoms with Crippen LogP contribution in [0.4, 0.5) is 22.2 Å². The van der Waals surface area contributed by atoms with E-state index < -0.39 is 5.60 Å². The summed E-state index contributed by atoms with van der Waals surface area (Å²) in [6.07, 6.45) is 7.28. The van der Waals surface area contributed by atoms with E-state index in [0.29, 0.717) is 54.9 Å². The minimum absolute atomic E-state index is 0.0740. The molecule has 3 aromatic heterocycles. The number of carbonyl (C=O) groups excluding carboxylic acids is 1. The molecule has 2 aliphatic rings. The molecular formula is C30H39N7O4. The van der Waals surface area contributed by atoms with Crippen LogP contribution in [0, 0.1) is 6.92 Å². The molecule has 0 unspecified atom stereocenters. The molecule has 1 amide bonds. The maximum absolute atomic E-state index is 13.7. The summed E-state index contributed by atoms with van der Waals surface area (Å²) in [5.74, 6) is 1.31. The highest BCUT2D eigenvalue weighted by Gasteiger charge is 2.27. The lowest BCUT2D eigenvalue weighted by Gasteiger charge is -2.36. The first-order valence-electron chi connectivity index (χ1n) is 14.2. The van der Waals surface area contributed by atoms with Crippen LogP contribution < -0.4 is 15.8 Å². The summed E-state index contributed by atoms with van der Waals surface area (Å²) in [5, 5.41) is 3.99. The third kappa shape index (κ3) is 5.98. The number of amides is 1. The fourth-order valence-electron chi connectivity index (χ4n) is 5.56. The van der Waals surface area contributed by atoms with Crippen LogP contribution in [-0.4, -0.2) is 69.4 Å². The van der Waals surface area contributed by atoms with Crippen molar-refractivity contribution in [2.24, 2.45) is 0 Å². The predicted octanol–water partition coefficient (Wildman–Crippen LogP) is 5.03.